The van der Waals surface area contributed by atoms with Gasteiger partial charge in [-0.1, -0.05) is 27.7 Å². The lowest BCUT2D eigenvalue weighted by Gasteiger charge is -2.66. The zero-order chi connectivity index (χ0) is 48.2. The first-order valence-electron chi connectivity index (χ1n) is 24.0. The van der Waals surface area contributed by atoms with Gasteiger partial charge in [-0.15, -0.1) is 0 Å². The van der Waals surface area contributed by atoms with Crippen molar-refractivity contribution in [1.82, 2.24) is 0 Å². The summed E-state index contributed by atoms with van der Waals surface area (Å²) < 4.78 is 41.5. The average molecular weight is 953 g/mol. The van der Waals surface area contributed by atoms with Gasteiger partial charge in [-0.3, -0.25) is 0 Å². The molecule has 0 bridgehead atoms. The molecule has 1 unspecified atom stereocenters. The van der Waals surface area contributed by atoms with Crippen LogP contribution in [0.1, 0.15) is 92.4 Å². The molecule has 21 nitrogen and oxygen atoms in total. The van der Waals surface area contributed by atoms with Gasteiger partial charge in [0, 0.05) is 29.6 Å². The summed E-state index contributed by atoms with van der Waals surface area (Å²) in [6.07, 6.45) is -21.5. The molecule has 0 aromatic carbocycles. The summed E-state index contributed by atoms with van der Waals surface area (Å²) in [6.45, 7) is 7.96. The lowest BCUT2D eigenvalue weighted by Crippen LogP contribution is -2.70. The van der Waals surface area contributed by atoms with Crippen LogP contribution in [0.25, 0.3) is 0 Å². The SMILES string of the molecule is C[C@H](CC[C@@]1(O)OC2C[C@H]3[C@@H]4C[C@@H](O)[C@@]5(O)C[C@@H](O[C@@H]6O[C@H](CO)[C@@H](O)[C@H](O)[C@H]6O[C@@H]6O[C@@H](C)[C@H](O)[C@@H](O)[C@H]6O)CC[C@]5(C)[C@H]4CC[C@]3(C)[C@@]2(O)[C@@H]1C)CO[C@@H]1O[C@H](CO)[C@@H](O)[C@H](O)[C@H]1O. The molecule has 8 fully saturated rings. The Kier molecular flexibility index (Phi) is 14.6. The fourth-order valence-electron chi connectivity index (χ4n) is 14.0. The topological polar surface area (TPSA) is 348 Å². The Labute approximate surface area is 384 Å². The summed E-state index contributed by atoms with van der Waals surface area (Å²) in [4.78, 5) is 0. The van der Waals surface area contributed by atoms with Crippen molar-refractivity contribution in [2.45, 2.75) is 220 Å². The highest BCUT2D eigenvalue weighted by molar-refractivity contribution is 5.25. The van der Waals surface area contributed by atoms with Gasteiger partial charge in [0.2, 0.25) is 0 Å². The second kappa shape index (κ2) is 18.6. The van der Waals surface area contributed by atoms with Crippen LogP contribution in [0.4, 0.5) is 0 Å². The molecule has 4 aliphatic heterocycles. The molecule has 14 N–H and O–H groups in total. The molecule has 0 aromatic heterocycles. The maximum atomic E-state index is 12.8. The molecular weight excluding hydrogens is 876 g/mol. The zero-order valence-corrected chi connectivity index (χ0v) is 38.4. The highest BCUT2D eigenvalue weighted by Gasteiger charge is 2.77. The fraction of sp³-hybridized carbons (Fsp3) is 1.00. The Balaban J connectivity index is 0.917. The van der Waals surface area contributed by atoms with Gasteiger partial charge in [0.05, 0.1) is 49.8 Å². The van der Waals surface area contributed by atoms with E-state index in [4.69, 9.17) is 33.2 Å². The van der Waals surface area contributed by atoms with Gasteiger partial charge >= 0.3 is 0 Å². The van der Waals surface area contributed by atoms with Crippen molar-refractivity contribution in [3.8, 4) is 0 Å². The monoisotopic (exact) mass is 952 g/mol. The Morgan fingerprint density at radius 1 is 0.652 bits per heavy atom. The van der Waals surface area contributed by atoms with Crippen molar-refractivity contribution >= 4 is 0 Å². The summed E-state index contributed by atoms with van der Waals surface area (Å²) in [5.74, 6) is -2.89. The first kappa shape index (κ1) is 51.5. The largest absolute Gasteiger partial charge is 0.394 e. The van der Waals surface area contributed by atoms with Crippen LogP contribution in [0.5, 0.6) is 0 Å². The van der Waals surface area contributed by atoms with Gasteiger partial charge in [-0.2, -0.15) is 0 Å². The van der Waals surface area contributed by atoms with E-state index in [0.29, 0.717) is 38.5 Å². The molecule has 0 aromatic rings. The summed E-state index contributed by atoms with van der Waals surface area (Å²) >= 11 is 0. The number of aliphatic hydroxyl groups is 14. The van der Waals surface area contributed by atoms with Gasteiger partial charge in [-0.05, 0) is 75.5 Å². The summed E-state index contributed by atoms with van der Waals surface area (Å²) in [5.41, 5.74) is -4.59. The minimum atomic E-state index is -1.74. The number of rotatable bonds is 12. The number of hydrogen-bond donors (Lipinski definition) is 14. The Morgan fingerprint density at radius 2 is 1.26 bits per heavy atom. The number of ether oxygens (including phenoxy) is 7. The maximum absolute atomic E-state index is 12.8. The van der Waals surface area contributed by atoms with E-state index in [9.17, 15) is 71.5 Å². The first-order chi connectivity index (χ1) is 30.9. The zero-order valence-electron chi connectivity index (χ0n) is 38.4. The minimum absolute atomic E-state index is 0.0406. The number of aliphatic hydroxyl groups excluding tert-OH is 11. The second-order valence-electron chi connectivity index (χ2n) is 21.8. The van der Waals surface area contributed by atoms with Crippen molar-refractivity contribution in [2.24, 2.45) is 40.4 Å². The molecule has 0 amide bonds. The van der Waals surface area contributed by atoms with E-state index < -0.39 is 157 Å². The second-order valence-corrected chi connectivity index (χ2v) is 21.8. The third-order valence-electron chi connectivity index (χ3n) is 18.4. The molecule has 4 saturated carbocycles. The molecule has 4 saturated heterocycles. The van der Waals surface area contributed by atoms with E-state index in [-0.39, 0.29) is 49.5 Å². The highest BCUT2D eigenvalue weighted by Crippen LogP contribution is 2.73. The van der Waals surface area contributed by atoms with Crippen LogP contribution in [-0.2, 0) is 33.2 Å². The molecule has 0 radical (unpaired) electrons. The third kappa shape index (κ3) is 8.05. The summed E-state index contributed by atoms with van der Waals surface area (Å²) in [7, 11) is 0. The van der Waals surface area contributed by atoms with Crippen LogP contribution in [-0.4, -0.2) is 219 Å². The Bertz CT molecular complexity index is 1680. The third-order valence-corrected chi connectivity index (χ3v) is 18.4. The normalized spacial score (nSPS) is 57.7. The van der Waals surface area contributed by atoms with Gasteiger partial charge in [-0.25, -0.2) is 0 Å². The quantitative estimate of drug-likeness (QED) is 0.0842. The van der Waals surface area contributed by atoms with E-state index in [1.807, 2.05) is 20.8 Å². The predicted molar refractivity (Wildman–Crippen MR) is 222 cm³/mol. The molecule has 66 heavy (non-hydrogen) atoms. The van der Waals surface area contributed by atoms with Gasteiger partial charge in [0.25, 0.3) is 0 Å². The fourth-order valence-corrected chi connectivity index (χ4v) is 14.0. The van der Waals surface area contributed by atoms with Crippen LogP contribution in [0.15, 0.2) is 0 Å². The maximum Gasteiger partial charge on any atom is 0.187 e. The Hall–Kier alpha value is -0.840. The molecule has 8 rings (SSSR count). The van der Waals surface area contributed by atoms with Crippen molar-refractivity contribution < 1.29 is 105 Å². The van der Waals surface area contributed by atoms with Crippen molar-refractivity contribution in [2.75, 3.05) is 19.8 Å². The van der Waals surface area contributed by atoms with E-state index in [1.165, 1.54) is 6.92 Å². The lowest BCUT2D eigenvalue weighted by molar-refractivity contribution is -0.374. The van der Waals surface area contributed by atoms with Crippen LogP contribution >= 0.6 is 0 Å². The number of hydrogen-bond acceptors (Lipinski definition) is 21. The molecular formula is C45H76O21. The smallest absolute Gasteiger partial charge is 0.187 e. The molecule has 0 spiro atoms. The molecule has 4 heterocycles. The molecule has 4 aliphatic carbocycles. The average Bonchev–Trinajstić information content (AvgIpc) is 3.63. The first-order valence-corrected chi connectivity index (χ1v) is 24.0. The molecule has 8 aliphatic rings. The van der Waals surface area contributed by atoms with Gasteiger partial charge < -0.3 is 105 Å². The van der Waals surface area contributed by atoms with Gasteiger partial charge in [0.1, 0.15) is 72.7 Å². The van der Waals surface area contributed by atoms with Crippen LogP contribution < -0.4 is 0 Å². The number of fused-ring (bicyclic) bond motifs is 7. The van der Waals surface area contributed by atoms with E-state index in [1.54, 1.807) is 6.92 Å². The summed E-state index contributed by atoms with van der Waals surface area (Å²) in [6, 6.07) is 0. The van der Waals surface area contributed by atoms with Crippen LogP contribution in [0, 0.1) is 40.4 Å². The molecule has 28 atom stereocenters. The van der Waals surface area contributed by atoms with Crippen molar-refractivity contribution in [1.29, 1.82) is 0 Å². The predicted octanol–water partition coefficient (Wildman–Crippen LogP) is -3.55. The highest BCUT2D eigenvalue weighted by atomic mass is 16.8. The van der Waals surface area contributed by atoms with E-state index in [0.717, 1.165) is 0 Å². The standard InChI is InChI=1S/C45H76O21/c1-18(17-60-38-35(55)33(53)30(50)25(15-46)63-38)6-11-44(58)20(3)45(59)28(66-44)13-24-22-12-27(48)43(57)14-21(7-9-41(43,4)23(22)8-10-42(24,45)5)62-40-37(34(54)31(51)26(16-47)64-40)65-39-36(56)32(52)29(49)19(2)61-39/h18-40,46-59H,6-17H2,1-5H3/t18-,19+,20-,21+,22-,23+,24+,25-,26-,27-,28?,29+,30-,31-,32-,33+,34+,35-,36-,37-,38-,39+,40-,41-,42+,43+,44-,45-/m1/s1. The van der Waals surface area contributed by atoms with Crippen molar-refractivity contribution in [3.05, 3.63) is 0 Å². The van der Waals surface area contributed by atoms with Crippen molar-refractivity contribution in [3.63, 3.8) is 0 Å². The van der Waals surface area contributed by atoms with E-state index >= 15 is 0 Å². The summed E-state index contributed by atoms with van der Waals surface area (Å²) in [5, 5.41) is 153. The lowest BCUT2D eigenvalue weighted by atomic mass is 9.42. The minimum Gasteiger partial charge on any atom is -0.394 e. The molecule has 21 heteroatoms. The molecule has 382 valence electrons. The van der Waals surface area contributed by atoms with Crippen LogP contribution in [0.3, 0.4) is 0 Å². The van der Waals surface area contributed by atoms with Gasteiger partial charge in [0.15, 0.2) is 24.7 Å². The van der Waals surface area contributed by atoms with Crippen LogP contribution in [0.2, 0.25) is 0 Å². The Morgan fingerprint density at radius 3 is 1.92 bits per heavy atom. The van der Waals surface area contributed by atoms with E-state index in [2.05, 4.69) is 0 Å².